The van der Waals surface area contributed by atoms with Crippen LogP contribution in [0.4, 0.5) is 0 Å². The summed E-state index contributed by atoms with van der Waals surface area (Å²) in [4.78, 5) is 21.5. The van der Waals surface area contributed by atoms with Gasteiger partial charge in [0.25, 0.3) is 0 Å². The van der Waals surface area contributed by atoms with E-state index in [1.165, 1.54) is 12.8 Å². The Labute approximate surface area is 166 Å². The first kappa shape index (κ1) is 22.0. The van der Waals surface area contributed by atoms with Crippen LogP contribution in [0.1, 0.15) is 66.2 Å². The lowest BCUT2D eigenvalue weighted by molar-refractivity contribution is -0.134. The Morgan fingerprint density at radius 1 is 1.15 bits per heavy atom. The summed E-state index contributed by atoms with van der Waals surface area (Å²) < 4.78 is 0. The van der Waals surface area contributed by atoms with E-state index < -0.39 is 0 Å². The Morgan fingerprint density at radius 3 is 2.41 bits per heavy atom. The van der Waals surface area contributed by atoms with Gasteiger partial charge in [-0.15, -0.1) is 0 Å². The van der Waals surface area contributed by atoms with E-state index in [1.807, 2.05) is 7.05 Å². The van der Waals surface area contributed by atoms with Crippen LogP contribution in [0.3, 0.4) is 0 Å². The van der Waals surface area contributed by atoms with Gasteiger partial charge in [0.1, 0.15) is 0 Å². The second kappa shape index (κ2) is 10.9. The fraction of sp³-hybridized carbons (Fsp3) is 0.905. The van der Waals surface area contributed by atoms with Crippen molar-refractivity contribution in [1.82, 2.24) is 20.4 Å². The number of carbonyl (C=O) groups excluding carboxylic acids is 1. The molecule has 1 saturated heterocycles. The van der Waals surface area contributed by atoms with E-state index in [1.54, 1.807) is 0 Å². The molecule has 0 radical (unpaired) electrons. The number of hydrogen-bond acceptors (Lipinski definition) is 3. The molecule has 2 N–H and O–H groups in total. The highest BCUT2D eigenvalue weighted by molar-refractivity contribution is 5.81. The number of amides is 1. The minimum atomic E-state index is 0.283. The third-order valence-corrected chi connectivity index (χ3v) is 5.98. The van der Waals surface area contributed by atoms with Crippen molar-refractivity contribution in [3.8, 4) is 0 Å². The summed E-state index contributed by atoms with van der Waals surface area (Å²) in [7, 11) is 1.82. The van der Waals surface area contributed by atoms with Crippen molar-refractivity contribution in [1.29, 1.82) is 0 Å². The highest BCUT2D eigenvalue weighted by atomic mass is 16.2. The van der Waals surface area contributed by atoms with Gasteiger partial charge in [-0.1, -0.05) is 12.8 Å². The lowest BCUT2D eigenvalue weighted by atomic mass is 10.1. The molecule has 6 heteroatoms. The molecule has 1 heterocycles. The monoisotopic (exact) mass is 379 g/mol. The van der Waals surface area contributed by atoms with Crippen LogP contribution in [0.2, 0.25) is 0 Å². The minimum Gasteiger partial charge on any atom is -0.356 e. The molecule has 2 rings (SSSR count). The Hall–Kier alpha value is -1.30. The molecule has 0 spiro atoms. The summed E-state index contributed by atoms with van der Waals surface area (Å²) >= 11 is 0. The zero-order chi connectivity index (χ0) is 19.8. The number of nitrogens with one attached hydrogen (secondary N) is 2. The lowest BCUT2D eigenvalue weighted by Gasteiger charge is -2.30. The van der Waals surface area contributed by atoms with Crippen LogP contribution < -0.4 is 10.6 Å². The molecule has 2 fully saturated rings. The summed E-state index contributed by atoms with van der Waals surface area (Å²) in [6, 6.07) is 1.46. The van der Waals surface area contributed by atoms with Crippen LogP contribution in [0.25, 0.3) is 0 Å². The summed E-state index contributed by atoms with van der Waals surface area (Å²) in [5, 5.41) is 6.94. The molecule has 6 nitrogen and oxygen atoms in total. The first-order chi connectivity index (χ1) is 12.9. The topological polar surface area (TPSA) is 60.0 Å². The molecular formula is C21H41N5O. The highest BCUT2D eigenvalue weighted by Crippen LogP contribution is 2.27. The normalized spacial score (nSPS) is 21.7. The summed E-state index contributed by atoms with van der Waals surface area (Å²) in [5.41, 5.74) is 0. The highest BCUT2D eigenvalue weighted by Gasteiger charge is 2.32. The average Bonchev–Trinajstić information content (AvgIpc) is 3.31. The fourth-order valence-corrected chi connectivity index (χ4v) is 4.48. The molecule has 1 aliphatic heterocycles. The van der Waals surface area contributed by atoms with Gasteiger partial charge in [-0.3, -0.25) is 14.7 Å². The van der Waals surface area contributed by atoms with Crippen molar-refractivity contribution in [3.05, 3.63) is 0 Å². The molecular weight excluding hydrogens is 338 g/mol. The van der Waals surface area contributed by atoms with E-state index in [4.69, 9.17) is 0 Å². The number of nitrogens with zero attached hydrogens (tertiary/aromatic N) is 3. The molecule has 1 atom stereocenters. The molecule has 1 unspecified atom stereocenters. The van der Waals surface area contributed by atoms with Crippen molar-refractivity contribution < 1.29 is 4.79 Å². The van der Waals surface area contributed by atoms with Gasteiger partial charge >= 0.3 is 0 Å². The van der Waals surface area contributed by atoms with Gasteiger partial charge in [-0.25, -0.2) is 0 Å². The molecule has 1 saturated carbocycles. The molecule has 0 bridgehead atoms. The van der Waals surface area contributed by atoms with Gasteiger partial charge in [0, 0.05) is 57.3 Å². The van der Waals surface area contributed by atoms with Crippen LogP contribution in [0, 0.1) is 5.92 Å². The maximum Gasteiger partial charge on any atom is 0.225 e. The third kappa shape index (κ3) is 6.66. The number of guanidine groups is 1. The van der Waals surface area contributed by atoms with Crippen LogP contribution in [-0.2, 0) is 4.79 Å². The van der Waals surface area contributed by atoms with Crippen LogP contribution >= 0.6 is 0 Å². The SMILES string of the molecule is CN=C(NCCCN(C(C)C)C(C)C)NC1CCN(C(=O)C2CCCC2)C1. The van der Waals surface area contributed by atoms with E-state index in [0.717, 1.165) is 57.8 Å². The van der Waals surface area contributed by atoms with Crippen molar-refractivity contribution in [2.45, 2.75) is 84.3 Å². The van der Waals surface area contributed by atoms with E-state index in [0.29, 0.717) is 24.0 Å². The molecule has 1 amide bonds. The molecule has 2 aliphatic rings. The number of likely N-dealkylation sites (tertiary alicyclic amines) is 1. The van der Waals surface area contributed by atoms with Crippen molar-refractivity contribution in [3.63, 3.8) is 0 Å². The van der Waals surface area contributed by atoms with Crippen LogP contribution in [0.15, 0.2) is 4.99 Å². The van der Waals surface area contributed by atoms with Crippen LogP contribution in [-0.4, -0.2) is 73.0 Å². The standard InChI is InChI=1S/C21H41N5O/c1-16(2)26(17(3)4)13-8-12-23-21(22-5)24-19-11-14-25(15-19)20(27)18-9-6-7-10-18/h16-19H,6-15H2,1-5H3,(H2,22,23,24). The molecule has 0 aromatic heterocycles. The second-order valence-corrected chi connectivity index (χ2v) is 8.67. The summed E-state index contributed by atoms with van der Waals surface area (Å²) in [6.07, 6.45) is 6.70. The Kier molecular flexibility index (Phi) is 8.87. The quantitative estimate of drug-likeness (QED) is 0.386. The van der Waals surface area contributed by atoms with Gasteiger partial charge in [0.2, 0.25) is 5.91 Å². The van der Waals surface area contributed by atoms with E-state index in [2.05, 4.69) is 53.1 Å². The molecule has 156 valence electrons. The first-order valence-electron chi connectivity index (χ1n) is 10.9. The predicted molar refractivity (Wildman–Crippen MR) is 113 cm³/mol. The number of aliphatic imine (C=N–C) groups is 1. The fourth-order valence-electron chi connectivity index (χ4n) is 4.48. The van der Waals surface area contributed by atoms with Gasteiger partial charge in [-0.2, -0.15) is 0 Å². The number of carbonyl (C=O) groups is 1. The van der Waals surface area contributed by atoms with Crippen molar-refractivity contribution in [2.24, 2.45) is 10.9 Å². The largest absolute Gasteiger partial charge is 0.356 e. The Balaban J connectivity index is 1.68. The second-order valence-electron chi connectivity index (χ2n) is 8.67. The maximum absolute atomic E-state index is 12.6. The van der Waals surface area contributed by atoms with Crippen molar-refractivity contribution in [2.75, 3.05) is 33.2 Å². The Morgan fingerprint density at radius 2 is 1.81 bits per heavy atom. The zero-order valence-corrected chi connectivity index (χ0v) is 18.1. The predicted octanol–water partition coefficient (Wildman–Crippen LogP) is 2.45. The van der Waals surface area contributed by atoms with Gasteiger partial charge in [-0.05, 0) is 53.4 Å². The van der Waals surface area contributed by atoms with E-state index in [9.17, 15) is 4.79 Å². The smallest absolute Gasteiger partial charge is 0.225 e. The van der Waals surface area contributed by atoms with Crippen LogP contribution in [0.5, 0.6) is 0 Å². The molecule has 1 aliphatic carbocycles. The van der Waals surface area contributed by atoms with E-state index in [-0.39, 0.29) is 5.92 Å². The summed E-state index contributed by atoms with van der Waals surface area (Å²) in [6.45, 7) is 12.7. The third-order valence-electron chi connectivity index (χ3n) is 5.98. The maximum atomic E-state index is 12.6. The lowest BCUT2D eigenvalue weighted by Crippen LogP contribution is -2.46. The van der Waals surface area contributed by atoms with Gasteiger partial charge in [0.15, 0.2) is 5.96 Å². The van der Waals surface area contributed by atoms with Gasteiger partial charge < -0.3 is 15.5 Å². The van der Waals surface area contributed by atoms with Crippen molar-refractivity contribution >= 4 is 11.9 Å². The molecule has 27 heavy (non-hydrogen) atoms. The van der Waals surface area contributed by atoms with Gasteiger partial charge in [0.05, 0.1) is 0 Å². The minimum absolute atomic E-state index is 0.283. The average molecular weight is 380 g/mol. The number of hydrogen-bond donors (Lipinski definition) is 2. The molecule has 0 aromatic carbocycles. The first-order valence-corrected chi connectivity index (χ1v) is 10.9. The number of rotatable bonds is 8. The Bertz CT molecular complexity index is 477. The molecule has 0 aromatic rings. The summed E-state index contributed by atoms with van der Waals surface area (Å²) in [5.74, 6) is 1.52. The zero-order valence-electron chi connectivity index (χ0n) is 18.1. The van der Waals surface area contributed by atoms with E-state index >= 15 is 0 Å².